The molecular formula is C24H19Br2N3O2S. The molecule has 0 fully saturated rings. The van der Waals surface area contributed by atoms with Crippen molar-refractivity contribution in [2.75, 3.05) is 11.1 Å². The normalized spacial score (nSPS) is 11.0. The number of thioether (sulfide) groups is 1. The van der Waals surface area contributed by atoms with Gasteiger partial charge in [0.2, 0.25) is 5.91 Å². The summed E-state index contributed by atoms with van der Waals surface area (Å²) in [7, 11) is 0. The Balaban J connectivity index is 1.67. The number of para-hydroxylation sites is 1. The third kappa shape index (κ3) is 4.82. The smallest absolute Gasteiger partial charge is 0.266 e. The molecule has 4 aromatic rings. The van der Waals surface area contributed by atoms with E-state index in [1.807, 2.05) is 62.4 Å². The van der Waals surface area contributed by atoms with Crippen molar-refractivity contribution in [3.63, 3.8) is 0 Å². The van der Waals surface area contributed by atoms with Crippen LogP contribution < -0.4 is 10.9 Å². The second-order valence-corrected chi connectivity index (χ2v) is 9.98. The predicted octanol–water partition coefficient (Wildman–Crippen LogP) is 6.26. The molecule has 1 N–H and O–H groups in total. The van der Waals surface area contributed by atoms with Gasteiger partial charge in [0.15, 0.2) is 5.16 Å². The number of aryl methyl sites for hydroxylation is 2. The SMILES string of the molecule is Cc1ccc(-n2c(SCC(=O)Nc3c(Br)cc(C)cc3Br)nc3ccccc3c2=O)cc1. The van der Waals surface area contributed by atoms with E-state index in [-0.39, 0.29) is 17.2 Å². The number of carbonyl (C=O) groups is 1. The first-order valence-corrected chi connectivity index (χ1v) is 12.4. The molecular weight excluding hydrogens is 554 g/mol. The number of nitrogens with zero attached hydrogens (tertiary/aromatic N) is 2. The second-order valence-electron chi connectivity index (χ2n) is 7.33. The lowest BCUT2D eigenvalue weighted by atomic mass is 10.2. The minimum Gasteiger partial charge on any atom is -0.323 e. The van der Waals surface area contributed by atoms with Crippen LogP contribution in [0.1, 0.15) is 11.1 Å². The lowest BCUT2D eigenvalue weighted by molar-refractivity contribution is -0.113. The maximum atomic E-state index is 13.3. The van der Waals surface area contributed by atoms with E-state index in [4.69, 9.17) is 0 Å². The summed E-state index contributed by atoms with van der Waals surface area (Å²) in [5.41, 5.74) is 3.99. The third-order valence-corrected chi connectivity index (χ3v) is 7.01. The highest BCUT2D eigenvalue weighted by atomic mass is 79.9. The van der Waals surface area contributed by atoms with Gasteiger partial charge in [-0.1, -0.05) is 41.6 Å². The van der Waals surface area contributed by atoms with Crippen molar-refractivity contribution in [3.05, 3.63) is 91.1 Å². The highest BCUT2D eigenvalue weighted by Crippen LogP contribution is 2.32. The molecule has 5 nitrogen and oxygen atoms in total. The van der Waals surface area contributed by atoms with Crippen molar-refractivity contribution in [1.82, 2.24) is 9.55 Å². The molecule has 0 aliphatic heterocycles. The third-order valence-electron chi connectivity index (χ3n) is 4.82. The van der Waals surface area contributed by atoms with Crippen molar-refractivity contribution in [1.29, 1.82) is 0 Å². The number of benzene rings is 3. The van der Waals surface area contributed by atoms with Crippen LogP contribution in [0, 0.1) is 13.8 Å². The number of aromatic nitrogens is 2. The zero-order valence-corrected chi connectivity index (χ0v) is 21.3. The first-order valence-electron chi connectivity index (χ1n) is 9.80. The summed E-state index contributed by atoms with van der Waals surface area (Å²) in [4.78, 5) is 30.7. The Labute approximate surface area is 206 Å². The lowest BCUT2D eigenvalue weighted by Crippen LogP contribution is -2.23. The Morgan fingerprint density at radius 3 is 2.34 bits per heavy atom. The van der Waals surface area contributed by atoms with Gasteiger partial charge in [-0.15, -0.1) is 0 Å². The molecule has 0 aliphatic carbocycles. The fraction of sp³-hybridized carbons (Fsp3) is 0.125. The Hall–Kier alpha value is -2.42. The van der Waals surface area contributed by atoms with Gasteiger partial charge in [-0.05, 0) is 87.7 Å². The Bertz CT molecular complexity index is 1360. The van der Waals surface area contributed by atoms with Crippen LogP contribution in [-0.2, 0) is 4.79 Å². The van der Waals surface area contributed by atoms with E-state index in [9.17, 15) is 9.59 Å². The Kier molecular flexibility index (Phi) is 6.83. The van der Waals surface area contributed by atoms with E-state index < -0.39 is 0 Å². The highest BCUT2D eigenvalue weighted by molar-refractivity contribution is 9.11. The standard InChI is InChI=1S/C24H19Br2N3O2S/c1-14-7-9-16(10-8-14)29-23(31)17-5-3-4-6-20(17)27-24(29)32-13-21(30)28-22-18(25)11-15(2)12-19(22)26/h3-12H,13H2,1-2H3,(H,28,30). The molecule has 4 rings (SSSR count). The molecule has 0 unspecified atom stereocenters. The second kappa shape index (κ2) is 9.60. The van der Waals surface area contributed by atoms with E-state index >= 15 is 0 Å². The predicted molar refractivity (Wildman–Crippen MR) is 138 cm³/mol. The van der Waals surface area contributed by atoms with Crippen LogP contribution in [0.25, 0.3) is 16.6 Å². The number of amides is 1. The maximum Gasteiger partial charge on any atom is 0.266 e. The minimum atomic E-state index is -0.196. The summed E-state index contributed by atoms with van der Waals surface area (Å²) >= 11 is 8.22. The van der Waals surface area contributed by atoms with Crippen LogP contribution in [0.3, 0.4) is 0 Å². The number of halogens is 2. The van der Waals surface area contributed by atoms with Gasteiger partial charge in [0, 0.05) is 8.95 Å². The zero-order chi connectivity index (χ0) is 22.8. The fourth-order valence-electron chi connectivity index (χ4n) is 3.26. The summed E-state index contributed by atoms with van der Waals surface area (Å²) in [6, 6.07) is 18.8. The molecule has 0 spiro atoms. The van der Waals surface area contributed by atoms with Crippen LogP contribution in [0.2, 0.25) is 0 Å². The van der Waals surface area contributed by atoms with Crippen LogP contribution in [0.4, 0.5) is 5.69 Å². The van der Waals surface area contributed by atoms with Gasteiger partial charge in [-0.3, -0.25) is 14.2 Å². The topological polar surface area (TPSA) is 64.0 Å². The average Bonchev–Trinajstić information content (AvgIpc) is 2.76. The molecule has 0 bridgehead atoms. The number of rotatable bonds is 5. The van der Waals surface area contributed by atoms with E-state index in [0.717, 1.165) is 20.1 Å². The molecule has 8 heteroatoms. The van der Waals surface area contributed by atoms with Crippen LogP contribution in [-0.4, -0.2) is 21.2 Å². The molecule has 1 amide bonds. The quantitative estimate of drug-likeness (QED) is 0.226. The van der Waals surface area contributed by atoms with Gasteiger partial charge in [0.05, 0.1) is 28.0 Å². The molecule has 1 heterocycles. The average molecular weight is 573 g/mol. The minimum absolute atomic E-state index is 0.101. The van der Waals surface area contributed by atoms with Crippen molar-refractivity contribution in [3.8, 4) is 5.69 Å². The van der Waals surface area contributed by atoms with Gasteiger partial charge < -0.3 is 5.32 Å². The summed E-state index contributed by atoms with van der Waals surface area (Å²) in [6.07, 6.45) is 0. The van der Waals surface area contributed by atoms with Gasteiger partial charge in [-0.2, -0.15) is 0 Å². The molecule has 0 saturated heterocycles. The number of hydrogen-bond acceptors (Lipinski definition) is 4. The first kappa shape index (κ1) is 22.8. The zero-order valence-electron chi connectivity index (χ0n) is 17.4. The molecule has 1 aromatic heterocycles. The van der Waals surface area contributed by atoms with E-state index in [0.29, 0.717) is 27.4 Å². The van der Waals surface area contributed by atoms with Crippen LogP contribution in [0.5, 0.6) is 0 Å². The number of nitrogens with one attached hydrogen (secondary N) is 1. The Morgan fingerprint density at radius 1 is 1.00 bits per heavy atom. The van der Waals surface area contributed by atoms with Crippen LogP contribution >= 0.6 is 43.6 Å². The van der Waals surface area contributed by atoms with E-state index in [2.05, 4.69) is 42.2 Å². The summed E-state index contributed by atoms with van der Waals surface area (Å²) in [6.45, 7) is 3.97. The molecule has 0 saturated carbocycles. The van der Waals surface area contributed by atoms with Gasteiger partial charge >= 0.3 is 0 Å². The lowest BCUT2D eigenvalue weighted by Gasteiger charge is -2.14. The van der Waals surface area contributed by atoms with Crippen LogP contribution in [0.15, 0.2) is 79.6 Å². The molecule has 32 heavy (non-hydrogen) atoms. The number of anilines is 1. The summed E-state index contributed by atoms with van der Waals surface area (Å²) in [5, 5.41) is 3.93. The fourth-order valence-corrected chi connectivity index (χ4v) is 5.68. The molecule has 162 valence electrons. The van der Waals surface area contributed by atoms with Gasteiger partial charge in [0.1, 0.15) is 0 Å². The van der Waals surface area contributed by atoms with E-state index in [1.54, 1.807) is 16.7 Å². The van der Waals surface area contributed by atoms with Gasteiger partial charge in [0.25, 0.3) is 5.56 Å². The number of carbonyl (C=O) groups excluding carboxylic acids is 1. The monoisotopic (exact) mass is 571 g/mol. The highest BCUT2D eigenvalue weighted by Gasteiger charge is 2.16. The maximum absolute atomic E-state index is 13.3. The van der Waals surface area contributed by atoms with Crippen molar-refractivity contribution >= 4 is 66.1 Å². The molecule has 0 aliphatic rings. The van der Waals surface area contributed by atoms with Gasteiger partial charge in [-0.25, -0.2) is 4.98 Å². The largest absolute Gasteiger partial charge is 0.323 e. The number of hydrogen-bond donors (Lipinski definition) is 1. The van der Waals surface area contributed by atoms with Crippen molar-refractivity contribution in [2.45, 2.75) is 19.0 Å². The first-order chi connectivity index (χ1) is 15.3. The van der Waals surface area contributed by atoms with E-state index in [1.165, 1.54) is 11.8 Å². The van der Waals surface area contributed by atoms with Crippen molar-refractivity contribution in [2.24, 2.45) is 0 Å². The summed E-state index contributed by atoms with van der Waals surface area (Å²) < 4.78 is 3.16. The van der Waals surface area contributed by atoms with Crippen molar-refractivity contribution < 1.29 is 4.79 Å². The number of fused-ring (bicyclic) bond motifs is 1. The Morgan fingerprint density at radius 2 is 1.66 bits per heavy atom. The molecule has 0 radical (unpaired) electrons. The molecule has 3 aromatic carbocycles. The molecule has 0 atom stereocenters. The summed E-state index contributed by atoms with van der Waals surface area (Å²) in [5.74, 6) is -0.0956.